The van der Waals surface area contributed by atoms with Crippen LogP contribution in [0.2, 0.25) is 0 Å². The maximum atomic E-state index is 13.3. The molecule has 0 aliphatic carbocycles. The lowest BCUT2D eigenvalue weighted by molar-refractivity contribution is 0.564. The normalized spacial score (nSPS) is 13.3. The third kappa shape index (κ3) is 3.24. The molecule has 108 valence electrons. The van der Waals surface area contributed by atoms with Gasteiger partial charge in [-0.2, -0.15) is 0 Å². The molecule has 4 nitrogen and oxygen atoms in total. The summed E-state index contributed by atoms with van der Waals surface area (Å²) in [6.07, 6.45) is 0. The minimum atomic E-state index is -3.81. The zero-order valence-electron chi connectivity index (χ0n) is 10.8. The second-order valence-corrected chi connectivity index (χ2v) is 6.98. The van der Waals surface area contributed by atoms with Gasteiger partial charge < -0.3 is 5.73 Å². The van der Waals surface area contributed by atoms with Gasteiger partial charge in [-0.15, -0.1) is 11.3 Å². The Morgan fingerprint density at radius 3 is 2.75 bits per heavy atom. The van der Waals surface area contributed by atoms with Crippen LogP contribution in [0.1, 0.15) is 23.4 Å². The molecule has 1 heterocycles. The lowest BCUT2D eigenvalue weighted by Gasteiger charge is -2.15. The number of nitrogens with two attached hydrogens (primary N) is 1. The number of halogens is 1. The quantitative estimate of drug-likeness (QED) is 0.890. The molecule has 20 heavy (non-hydrogen) atoms. The maximum Gasteiger partial charge on any atom is 0.241 e. The SMILES string of the molecule is CC(NS(=O)(=O)c1cc(F)ccc1CN)c1cccs1. The molecule has 0 fully saturated rings. The molecule has 3 N–H and O–H groups in total. The van der Waals surface area contributed by atoms with Crippen molar-refractivity contribution in [1.82, 2.24) is 4.72 Å². The Morgan fingerprint density at radius 2 is 2.15 bits per heavy atom. The van der Waals surface area contributed by atoms with Crippen molar-refractivity contribution >= 4 is 21.4 Å². The van der Waals surface area contributed by atoms with E-state index < -0.39 is 15.8 Å². The zero-order valence-corrected chi connectivity index (χ0v) is 12.5. The first-order chi connectivity index (χ1) is 9.44. The molecular formula is C13H15FN2O2S2. The van der Waals surface area contributed by atoms with Crippen LogP contribution in [-0.4, -0.2) is 8.42 Å². The van der Waals surface area contributed by atoms with Crippen molar-refractivity contribution in [3.63, 3.8) is 0 Å². The standard InChI is InChI=1S/C13H15FN2O2S2/c1-9(12-3-2-6-19-12)16-20(17,18)13-7-11(14)5-4-10(13)8-15/h2-7,9,16H,8,15H2,1H3. The highest BCUT2D eigenvalue weighted by molar-refractivity contribution is 7.89. The second kappa shape index (κ2) is 6.01. The molecule has 0 saturated carbocycles. The van der Waals surface area contributed by atoms with Crippen molar-refractivity contribution in [2.75, 3.05) is 0 Å². The number of thiophene rings is 1. The van der Waals surface area contributed by atoms with E-state index in [0.717, 1.165) is 10.9 Å². The van der Waals surface area contributed by atoms with Gasteiger partial charge >= 0.3 is 0 Å². The van der Waals surface area contributed by atoms with Gasteiger partial charge in [0.1, 0.15) is 5.82 Å². The maximum absolute atomic E-state index is 13.3. The van der Waals surface area contributed by atoms with Crippen molar-refractivity contribution in [2.24, 2.45) is 5.73 Å². The lowest BCUT2D eigenvalue weighted by atomic mass is 10.2. The Balaban J connectivity index is 2.33. The van der Waals surface area contributed by atoms with E-state index in [1.165, 1.54) is 23.5 Å². The average molecular weight is 314 g/mol. The average Bonchev–Trinajstić information content (AvgIpc) is 2.92. The molecule has 0 saturated heterocycles. The third-order valence-electron chi connectivity index (χ3n) is 2.84. The summed E-state index contributed by atoms with van der Waals surface area (Å²) in [4.78, 5) is 0.780. The minimum Gasteiger partial charge on any atom is -0.326 e. The fourth-order valence-electron chi connectivity index (χ4n) is 1.84. The molecule has 0 radical (unpaired) electrons. The Bertz CT molecular complexity index is 684. The van der Waals surface area contributed by atoms with Gasteiger partial charge in [0.05, 0.1) is 10.9 Å². The first-order valence-electron chi connectivity index (χ1n) is 5.98. The molecule has 1 aromatic carbocycles. The monoisotopic (exact) mass is 314 g/mol. The van der Waals surface area contributed by atoms with Gasteiger partial charge in [0.25, 0.3) is 0 Å². The van der Waals surface area contributed by atoms with E-state index in [1.807, 2.05) is 17.5 Å². The number of hydrogen-bond donors (Lipinski definition) is 2. The van der Waals surface area contributed by atoms with Crippen LogP contribution in [0.15, 0.2) is 40.6 Å². The number of hydrogen-bond acceptors (Lipinski definition) is 4. The first kappa shape index (κ1) is 15.1. The van der Waals surface area contributed by atoms with Crippen molar-refractivity contribution in [2.45, 2.75) is 24.4 Å². The van der Waals surface area contributed by atoms with Gasteiger partial charge in [-0.1, -0.05) is 12.1 Å². The molecule has 0 amide bonds. The van der Waals surface area contributed by atoms with E-state index in [-0.39, 0.29) is 17.5 Å². The van der Waals surface area contributed by atoms with E-state index in [4.69, 9.17) is 5.73 Å². The number of benzene rings is 1. The molecule has 0 spiro atoms. The van der Waals surface area contributed by atoms with E-state index >= 15 is 0 Å². The van der Waals surface area contributed by atoms with Crippen molar-refractivity contribution in [3.05, 3.63) is 52.0 Å². The molecule has 0 aliphatic heterocycles. The summed E-state index contributed by atoms with van der Waals surface area (Å²) in [6, 6.07) is 6.88. The largest absolute Gasteiger partial charge is 0.326 e. The van der Waals surface area contributed by atoms with Crippen molar-refractivity contribution in [3.8, 4) is 0 Å². The molecular weight excluding hydrogens is 299 g/mol. The summed E-state index contributed by atoms with van der Waals surface area (Å²) >= 11 is 1.45. The van der Waals surface area contributed by atoms with Gasteiger partial charge in [0.2, 0.25) is 10.0 Å². The van der Waals surface area contributed by atoms with Gasteiger partial charge in [0, 0.05) is 11.4 Å². The molecule has 0 aliphatic rings. The highest BCUT2D eigenvalue weighted by Gasteiger charge is 2.22. The summed E-state index contributed by atoms with van der Waals surface area (Å²) in [6.45, 7) is 1.77. The lowest BCUT2D eigenvalue weighted by Crippen LogP contribution is -2.27. The minimum absolute atomic E-state index is 0.0317. The van der Waals surface area contributed by atoms with Crippen LogP contribution in [0.25, 0.3) is 0 Å². The van der Waals surface area contributed by atoms with Crippen LogP contribution in [0, 0.1) is 5.82 Å². The zero-order chi connectivity index (χ0) is 14.8. The molecule has 1 atom stereocenters. The summed E-state index contributed by atoms with van der Waals surface area (Å²) in [5.74, 6) is -0.605. The van der Waals surface area contributed by atoms with Gasteiger partial charge in [-0.25, -0.2) is 17.5 Å². The summed E-state index contributed by atoms with van der Waals surface area (Å²) in [5, 5.41) is 1.87. The van der Waals surface area contributed by atoms with E-state index in [9.17, 15) is 12.8 Å². The Morgan fingerprint density at radius 1 is 1.40 bits per heavy atom. The van der Waals surface area contributed by atoms with Gasteiger partial charge in [0.15, 0.2) is 0 Å². The summed E-state index contributed by atoms with van der Waals surface area (Å²) in [7, 11) is -3.81. The molecule has 0 bridgehead atoms. The molecule has 7 heteroatoms. The van der Waals surface area contributed by atoms with Gasteiger partial charge in [-0.05, 0) is 36.1 Å². The highest BCUT2D eigenvalue weighted by atomic mass is 32.2. The van der Waals surface area contributed by atoms with Crippen LogP contribution in [-0.2, 0) is 16.6 Å². The Kier molecular flexibility index (Phi) is 4.54. The third-order valence-corrected chi connectivity index (χ3v) is 5.52. The summed E-state index contributed by atoms with van der Waals surface area (Å²) < 4.78 is 40.5. The fourth-order valence-corrected chi connectivity index (χ4v) is 4.13. The van der Waals surface area contributed by atoms with Crippen molar-refractivity contribution in [1.29, 1.82) is 0 Å². The van der Waals surface area contributed by atoms with E-state index in [1.54, 1.807) is 6.92 Å². The second-order valence-electron chi connectivity index (χ2n) is 4.31. The summed E-state index contributed by atoms with van der Waals surface area (Å²) in [5.41, 5.74) is 5.90. The molecule has 2 rings (SSSR count). The van der Waals surface area contributed by atoms with Crippen LogP contribution in [0.5, 0.6) is 0 Å². The predicted molar refractivity (Wildman–Crippen MR) is 77.3 cm³/mol. The van der Waals surface area contributed by atoms with Crippen LogP contribution in [0.3, 0.4) is 0 Å². The first-order valence-corrected chi connectivity index (χ1v) is 8.34. The Hall–Kier alpha value is -1.28. The number of rotatable bonds is 5. The molecule has 2 aromatic rings. The number of sulfonamides is 1. The predicted octanol–water partition coefficient (Wildman–Crippen LogP) is 2.39. The van der Waals surface area contributed by atoms with Crippen molar-refractivity contribution < 1.29 is 12.8 Å². The van der Waals surface area contributed by atoms with Gasteiger partial charge in [-0.3, -0.25) is 0 Å². The molecule has 1 unspecified atom stereocenters. The van der Waals surface area contributed by atoms with Crippen LogP contribution < -0.4 is 10.5 Å². The van der Waals surface area contributed by atoms with Crippen LogP contribution in [0.4, 0.5) is 4.39 Å². The number of nitrogens with one attached hydrogen (secondary N) is 1. The Labute approximate surface area is 121 Å². The topological polar surface area (TPSA) is 72.2 Å². The highest BCUT2D eigenvalue weighted by Crippen LogP contribution is 2.23. The smallest absolute Gasteiger partial charge is 0.241 e. The van der Waals surface area contributed by atoms with E-state index in [0.29, 0.717) is 5.56 Å². The van der Waals surface area contributed by atoms with E-state index in [2.05, 4.69) is 4.72 Å². The fraction of sp³-hybridized carbons (Fsp3) is 0.231. The van der Waals surface area contributed by atoms with Crippen LogP contribution >= 0.6 is 11.3 Å². The molecule has 1 aromatic heterocycles.